The van der Waals surface area contributed by atoms with Gasteiger partial charge in [-0.2, -0.15) is 14.5 Å². The lowest BCUT2D eigenvalue weighted by Gasteiger charge is -2.25. The Hall–Kier alpha value is -2.43. The molecule has 10 heteroatoms. The maximum absolute atomic E-state index is 12.9. The van der Waals surface area contributed by atoms with Crippen LogP contribution in [0.15, 0.2) is 40.0 Å². The van der Waals surface area contributed by atoms with Crippen molar-refractivity contribution in [3.05, 3.63) is 41.9 Å². The van der Waals surface area contributed by atoms with Crippen molar-refractivity contribution < 1.29 is 17.9 Å². The summed E-state index contributed by atoms with van der Waals surface area (Å²) in [7, 11) is -3.76. The van der Waals surface area contributed by atoms with Gasteiger partial charge in [-0.15, -0.1) is 0 Å². The number of H-pyrrole nitrogens is 1. The predicted octanol–water partition coefficient (Wildman–Crippen LogP) is 1.51. The first-order valence-electron chi connectivity index (χ1n) is 8.33. The van der Waals surface area contributed by atoms with Crippen molar-refractivity contribution in [2.75, 3.05) is 6.54 Å². The lowest BCUT2D eigenvalue weighted by atomic mass is 10.2. The van der Waals surface area contributed by atoms with E-state index in [-0.39, 0.29) is 11.6 Å². The van der Waals surface area contributed by atoms with E-state index >= 15 is 0 Å². The molecule has 138 valence electrons. The molecule has 0 aliphatic carbocycles. The van der Waals surface area contributed by atoms with Crippen LogP contribution in [0.25, 0.3) is 11.5 Å². The lowest BCUT2D eigenvalue weighted by molar-refractivity contribution is 0.167. The molecule has 3 aromatic heterocycles. The van der Waals surface area contributed by atoms with E-state index < -0.39 is 16.1 Å². The number of nitrogens with zero attached hydrogens (tertiary/aromatic N) is 4. The van der Waals surface area contributed by atoms with E-state index in [1.54, 1.807) is 29.1 Å². The molecule has 0 saturated carbocycles. The predicted molar refractivity (Wildman–Crippen MR) is 91.4 cm³/mol. The summed E-state index contributed by atoms with van der Waals surface area (Å²) in [5.74, 6) is 0.413. The molecule has 0 amide bonds. The zero-order chi connectivity index (χ0) is 18.3. The molecule has 1 atom stereocenters. The molecule has 1 aliphatic rings. The van der Waals surface area contributed by atoms with Crippen LogP contribution in [0.5, 0.6) is 0 Å². The average molecular weight is 377 g/mol. The van der Waals surface area contributed by atoms with Crippen LogP contribution in [-0.2, 0) is 23.1 Å². The summed E-state index contributed by atoms with van der Waals surface area (Å²) in [5, 5.41) is 20.8. The summed E-state index contributed by atoms with van der Waals surface area (Å²) < 4.78 is 34.5. The first-order chi connectivity index (χ1) is 12.5. The van der Waals surface area contributed by atoms with E-state index in [9.17, 15) is 13.5 Å². The summed E-state index contributed by atoms with van der Waals surface area (Å²) >= 11 is 0. The number of aliphatic hydroxyl groups excluding tert-OH is 1. The van der Waals surface area contributed by atoms with Gasteiger partial charge in [-0.3, -0.25) is 9.78 Å². The van der Waals surface area contributed by atoms with Crippen molar-refractivity contribution in [3.8, 4) is 11.5 Å². The second-order valence-electron chi connectivity index (χ2n) is 6.14. The molecule has 0 fully saturated rings. The van der Waals surface area contributed by atoms with Gasteiger partial charge < -0.3 is 9.52 Å². The van der Waals surface area contributed by atoms with E-state index in [4.69, 9.17) is 4.42 Å². The van der Waals surface area contributed by atoms with Gasteiger partial charge >= 0.3 is 0 Å². The zero-order valence-corrected chi connectivity index (χ0v) is 15.0. The summed E-state index contributed by atoms with van der Waals surface area (Å²) in [5.41, 5.74) is 1.94. The van der Waals surface area contributed by atoms with E-state index in [1.807, 2.05) is 6.92 Å². The normalized spacial score (nSPS) is 16.5. The highest BCUT2D eigenvalue weighted by Crippen LogP contribution is 2.28. The number of nitrogens with one attached hydrogen (secondary N) is 1. The Morgan fingerprint density at radius 1 is 1.35 bits per heavy atom. The fourth-order valence-electron chi connectivity index (χ4n) is 2.97. The average Bonchev–Trinajstić information content (AvgIpc) is 3.39. The molecule has 0 radical (unpaired) electrons. The van der Waals surface area contributed by atoms with Crippen LogP contribution >= 0.6 is 0 Å². The van der Waals surface area contributed by atoms with Crippen LogP contribution in [0, 0.1) is 0 Å². The molecule has 3 aromatic rings. The zero-order valence-electron chi connectivity index (χ0n) is 14.2. The van der Waals surface area contributed by atoms with Crippen LogP contribution in [0.3, 0.4) is 0 Å². The van der Waals surface area contributed by atoms with Crippen LogP contribution in [0.2, 0.25) is 0 Å². The van der Waals surface area contributed by atoms with Gasteiger partial charge in [0.15, 0.2) is 5.76 Å². The van der Waals surface area contributed by atoms with Gasteiger partial charge in [0.1, 0.15) is 5.69 Å². The minimum Gasteiger partial charge on any atom is -0.442 e. The SMILES string of the molecule is CC[C@@H](O)c1cc2n(n1)CCN(S(=O)(=O)c1ccc(-c3ccn[nH]3)o1)C2. The van der Waals surface area contributed by atoms with Crippen molar-refractivity contribution in [2.45, 2.75) is 37.6 Å². The number of aromatic nitrogens is 4. The van der Waals surface area contributed by atoms with Gasteiger partial charge in [0.25, 0.3) is 10.0 Å². The smallest absolute Gasteiger partial charge is 0.276 e. The Labute approximate surface area is 150 Å². The van der Waals surface area contributed by atoms with Crippen molar-refractivity contribution in [2.24, 2.45) is 0 Å². The third kappa shape index (κ3) is 2.85. The number of furan rings is 1. The Morgan fingerprint density at radius 3 is 2.92 bits per heavy atom. The number of aromatic amines is 1. The topological polar surface area (TPSA) is 117 Å². The molecule has 4 heterocycles. The summed E-state index contributed by atoms with van der Waals surface area (Å²) in [6.45, 7) is 2.78. The molecular weight excluding hydrogens is 358 g/mol. The molecule has 2 N–H and O–H groups in total. The minimum absolute atomic E-state index is 0.108. The molecule has 0 bridgehead atoms. The second kappa shape index (κ2) is 6.38. The summed E-state index contributed by atoms with van der Waals surface area (Å²) in [6, 6.07) is 6.51. The maximum Gasteiger partial charge on any atom is 0.276 e. The van der Waals surface area contributed by atoms with Crippen molar-refractivity contribution in [1.29, 1.82) is 0 Å². The largest absolute Gasteiger partial charge is 0.442 e. The van der Waals surface area contributed by atoms with Crippen LogP contribution in [0.4, 0.5) is 0 Å². The number of rotatable bonds is 5. The van der Waals surface area contributed by atoms with E-state index in [1.165, 1.54) is 10.4 Å². The molecule has 1 aliphatic heterocycles. The van der Waals surface area contributed by atoms with Crippen LogP contribution < -0.4 is 0 Å². The van der Waals surface area contributed by atoms with E-state index in [0.717, 1.165) is 5.69 Å². The van der Waals surface area contributed by atoms with Crippen molar-refractivity contribution in [1.82, 2.24) is 24.3 Å². The fraction of sp³-hybridized carbons (Fsp3) is 0.375. The van der Waals surface area contributed by atoms with Gasteiger partial charge in [0, 0.05) is 12.7 Å². The molecule has 0 saturated heterocycles. The van der Waals surface area contributed by atoms with Gasteiger partial charge in [-0.25, -0.2) is 8.42 Å². The number of aliphatic hydroxyl groups is 1. The van der Waals surface area contributed by atoms with Gasteiger partial charge in [-0.05, 0) is 30.7 Å². The Bertz CT molecular complexity index is 1010. The lowest BCUT2D eigenvalue weighted by Crippen LogP contribution is -2.38. The molecule has 0 spiro atoms. The molecule has 4 rings (SSSR count). The van der Waals surface area contributed by atoms with Crippen LogP contribution in [0.1, 0.15) is 30.8 Å². The Morgan fingerprint density at radius 2 is 2.19 bits per heavy atom. The highest BCUT2D eigenvalue weighted by atomic mass is 32.2. The first-order valence-corrected chi connectivity index (χ1v) is 9.77. The highest BCUT2D eigenvalue weighted by molar-refractivity contribution is 7.89. The Kier molecular flexibility index (Phi) is 4.17. The Balaban J connectivity index is 1.58. The molecule has 0 unspecified atom stereocenters. The summed E-state index contributed by atoms with van der Waals surface area (Å²) in [4.78, 5) is 0. The first kappa shape index (κ1) is 17.0. The minimum atomic E-state index is -3.76. The number of fused-ring (bicyclic) bond motifs is 1. The van der Waals surface area contributed by atoms with Gasteiger partial charge in [0.2, 0.25) is 5.09 Å². The summed E-state index contributed by atoms with van der Waals surface area (Å²) in [6.07, 6.45) is 1.49. The monoisotopic (exact) mass is 377 g/mol. The van der Waals surface area contributed by atoms with E-state index in [0.29, 0.717) is 36.7 Å². The number of hydrogen-bond donors (Lipinski definition) is 2. The molecular formula is C16H19N5O4S. The number of hydrogen-bond acceptors (Lipinski definition) is 6. The third-order valence-corrected chi connectivity index (χ3v) is 6.17. The fourth-order valence-corrected chi connectivity index (χ4v) is 4.28. The van der Waals surface area contributed by atoms with Crippen molar-refractivity contribution >= 4 is 10.0 Å². The molecule has 26 heavy (non-hydrogen) atoms. The second-order valence-corrected chi connectivity index (χ2v) is 8.00. The molecule has 0 aromatic carbocycles. The quantitative estimate of drug-likeness (QED) is 0.696. The van der Waals surface area contributed by atoms with Crippen LogP contribution in [-0.4, -0.2) is 44.4 Å². The third-order valence-electron chi connectivity index (χ3n) is 4.45. The molecule has 9 nitrogen and oxygen atoms in total. The van der Waals surface area contributed by atoms with Crippen molar-refractivity contribution in [3.63, 3.8) is 0 Å². The maximum atomic E-state index is 12.9. The van der Waals surface area contributed by atoms with E-state index in [2.05, 4.69) is 15.3 Å². The van der Waals surface area contributed by atoms with Gasteiger partial charge in [-0.1, -0.05) is 6.92 Å². The standard InChI is InChI=1S/C16H19N5O4S/c1-2-14(22)13-9-11-10-20(7-8-21(11)19-13)26(23,24)16-4-3-15(25-16)12-5-6-17-18-12/h3-6,9,14,22H,2,7-8,10H2,1H3,(H,17,18)/t14-/m1/s1. The number of sulfonamides is 1. The van der Waals surface area contributed by atoms with Gasteiger partial charge in [0.05, 0.1) is 30.6 Å². The highest BCUT2D eigenvalue weighted by Gasteiger charge is 2.32.